The second-order valence-corrected chi connectivity index (χ2v) is 4.17. The molecule has 1 heterocycles. The van der Waals surface area contributed by atoms with E-state index < -0.39 is 5.91 Å². The SMILES string of the molecule is CN(C)C=NC(=O)c1cc(Oc2ccccc2)ncn1. The van der Waals surface area contributed by atoms with Gasteiger partial charge in [-0.25, -0.2) is 9.97 Å². The highest BCUT2D eigenvalue weighted by molar-refractivity contribution is 5.97. The first-order valence-electron chi connectivity index (χ1n) is 5.95. The molecule has 0 aliphatic carbocycles. The van der Waals surface area contributed by atoms with Crippen molar-refractivity contribution in [3.63, 3.8) is 0 Å². The normalized spacial score (nSPS) is 10.5. The van der Waals surface area contributed by atoms with Crippen LogP contribution in [0.2, 0.25) is 0 Å². The summed E-state index contributed by atoms with van der Waals surface area (Å²) in [4.78, 5) is 25.1. The summed E-state index contributed by atoms with van der Waals surface area (Å²) in [6.07, 6.45) is 2.69. The van der Waals surface area contributed by atoms with E-state index in [2.05, 4.69) is 15.0 Å². The number of carbonyl (C=O) groups excluding carboxylic acids is 1. The summed E-state index contributed by atoms with van der Waals surface area (Å²) in [5.41, 5.74) is 0.184. The van der Waals surface area contributed by atoms with E-state index in [1.165, 1.54) is 18.7 Å². The Labute approximate surface area is 116 Å². The molecule has 6 nitrogen and oxygen atoms in total. The van der Waals surface area contributed by atoms with E-state index in [0.29, 0.717) is 11.6 Å². The minimum atomic E-state index is -0.445. The van der Waals surface area contributed by atoms with E-state index in [1.807, 2.05) is 18.2 Å². The number of hydrogen-bond donors (Lipinski definition) is 0. The van der Waals surface area contributed by atoms with Crippen molar-refractivity contribution < 1.29 is 9.53 Å². The van der Waals surface area contributed by atoms with E-state index in [9.17, 15) is 4.79 Å². The second-order valence-electron chi connectivity index (χ2n) is 4.17. The number of para-hydroxylation sites is 1. The van der Waals surface area contributed by atoms with Gasteiger partial charge in [-0.2, -0.15) is 4.99 Å². The predicted molar refractivity (Wildman–Crippen MR) is 75.1 cm³/mol. The zero-order valence-electron chi connectivity index (χ0n) is 11.2. The topological polar surface area (TPSA) is 67.7 Å². The van der Waals surface area contributed by atoms with E-state index >= 15 is 0 Å². The summed E-state index contributed by atoms with van der Waals surface area (Å²) in [5, 5.41) is 0. The third-order valence-corrected chi connectivity index (χ3v) is 2.23. The van der Waals surface area contributed by atoms with Gasteiger partial charge >= 0.3 is 0 Å². The molecule has 0 radical (unpaired) electrons. The van der Waals surface area contributed by atoms with Crippen molar-refractivity contribution in [3.05, 3.63) is 48.4 Å². The Morgan fingerprint density at radius 1 is 1.25 bits per heavy atom. The van der Waals surface area contributed by atoms with Crippen LogP contribution in [-0.2, 0) is 0 Å². The van der Waals surface area contributed by atoms with Crippen LogP contribution in [0.3, 0.4) is 0 Å². The van der Waals surface area contributed by atoms with Crippen molar-refractivity contribution >= 4 is 12.2 Å². The monoisotopic (exact) mass is 270 g/mol. The number of benzene rings is 1. The first-order chi connectivity index (χ1) is 9.65. The molecule has 1 aromatic heterocycles. The summed E-state index contributed by atoms with van der Waals surface area (Å²) in [6.45, 7) is 0. The van der Waals surface area contributed by atoms with Crippen LogP contribution in [0, 0.1) is 0 Å². The van der Waals surface area contributed by atoms with Crippen LogP contribution in [-0.4, -0.2) is 41.2 Å². The molecule has 0 unspecified atom stereocenters. The molecule has 0 atom stereocenters. The van der Waals surface area contributed by atoms with Gasteiger partial charge in [-0.05, 0) is 12.1 Å². The molecule has 1 aromatic carbocycles. The van der Waals surface area contributed by atoms with Crippen LogP contribution in [0.1, 0.15) is 10.5 Å². The van der Waals surface area contributed by atoms with Crippen LogP contribution in [0.4, 0.5) is 0 Å². The van der Waals surface area contributed by atoms with Gasteiger partial charge in [0.15, 0.2) is 0 Å². The molecule has 6 heteroatoms. The van der Waals surface area contributed by atoms with Crippen molar-refractivity contribution in [3.8, 4) is 11.6 Å². The average Bonchev–Trinajstić information content (AvgIpc) is 2.46. The van der Waals surface area contributed by atoms with E-state index in [4.69, 9.17) is 4.74 Å². The number of rotatable bonds is 4. The molecule has 102 valence electrons. The summed E-state index contributed by atoms with van der Waals surface area (Å²) in [6, 6.07) is 10.6. The molecular formula is C14H14N4O2. The molecule has 20 heavy (non-hydrogen) atoms. The van der Waals surface area contributed by atoms with Gasteiger partial charge in [-0.1, -0.05) is 18.2 Å². The summed E-state index contributed by atoms with van der Waals surface area (Å²) < 4.78 is 5.53. The molecular weight excluding hydrogens is 256 g/mol. The minimum Gasteiger partial charge on any atom is -0.439 e. The van der Waals surface area contributed by atoms with Gasteiger partial charge in [-0.15, -0.1) is 0 Å². The first-order valence-corrected chi connectivity index (χ1v) is 5.95. The largest absolute Gasteiger partial charge is 0.439 e. The quantitative estimate of drug-likeness (QED) is 0.628. The number of ether oxygens (including phenoxy) is 1. The Morgan fingerprint density at radius 2 is 2.00 bits per heavy atom. The van der Waals surface area contributed by atoms with Gasteiger partial charge in [0.05, 0.1) is 6.34 Å². The third kappa shape index (κ3) is 3.88. The molecule has 0 fully saturated rings. The maximum atomic E-state index is 11.8. The molecule has 0 aliphatic heterocycles. The molecule has 0 N–H and O–H groups in total. The van der Waals surface area contributed by atoms with Crippen LogP contribution < -0.4 is 4.74 Å². The van der Waals surface area contributed by atoms with Gasteiger partial charge in [0.25, 0.3) is 5.91 Å². The highest BCUT2D eigenvalue weighted by Crippen LogP contribution is 2.18. The molecule has 2 aromatic rings. The maximum absolute atomic E-state index is 11.8. The van der Waals surface area contributed by atoms with Crippen LogP contribution >= 0.6 is 0 Å². The Hall–Kier alpha value is -2.76. The predicted octanol–water partition coefficient (Wildman–Crippen LogP) is 2.00. The molecule has 2 rings (SSSR count). The highest BCUT2D eigenvalue weighted by atomic mass is 16.5. The fourth-order valence-corrected chi connectivity index (χ4v) is 1.36. The lowest BCUT2D eigenvalue weighted by Crippen LogP contribution is -2.10. The Bertz CT molecular complexity index is 612. The number of carbonyl (C=O) groups is 1. The molecule has 0 saturated heterocycles. The van der Waals surface area contributed by atoms with E-state index in [-0.39, 0.29) is 5.69 Å². The van der Waals surface area contributed by atoms with Gasteiger partial charge in [-0.3, -0.25) is 4.79 Å². The van der Waals surface area contributed by atoms with Gasteiger partial charge in [0, 0.05) is 20.2 Å². The Kier molecular flexibility index (Phi) is 4.39. The number of aliphatic imine (C=N–C) groups is 1. The second kappa shape index (κ2) is 6.42. The number of amides is 1. The first kappa shape index (κ1) is 13.7. The van der Waals surface area contributed by atoms with E-state index in [1.54, 1.807) is 31.1 Å². The smallest absolute Gasteiger partial charge is 0.297 e. The zero-order valence-corrected chi connectivity index (χ0v) is 11.2. The minimum absolute atomic E-state index is 0.184. The van der Waals surface area contributed by atoms with Gasteiger partial charge < -0.3 is 9.64 Å². The number of aromatic nitrogens is 2. The summed E-state index contributed by atoms with van der Waals surface area (Å²) in [7, 11) is 3.56. The van der Waals surface area contributed by atoms with Gasteiger partial charge in [0.1, 0.15) is 17.8 Å². The van der Waals surface area contributed by atoms with Crippen LogP contribution in [0.5, 0.6) is 11.6 Å². The van der Waals surface area contributed by atoms with E-state index in [0.717, 1.165) is 0 Å². The molecule has 0 spiro atoms. The summed E-state index contributed by atoms with van der Waals surface area (Å²) >= 11 is 0. The maximum Gasteiger partial charge on any atom is 0.297 e. The van der Waals surface area contributed by atoms with Crippen molar-refractivity contribution in [1.82, 2.24) is 14.9 Å². The van der Waals surface area contributed by atoms with Crippen LogP contribution in [0.15, 0.2) is 47.7 Å². The lowest BCUT2D eigenvalue weighted by molar-refractivity contribution is 0.0997. The zero-order chi connectivity index (χ0) is 14.4. The number of nitrogens with zero attached hydrogens (tertiary/aromatic N) is 4. The fraction of sp³-hybridized carbons (Fsp3) is 0.143. The Morgan fingerprint density at radius 3 is 2.70 bits per heavy atom. The third-order valence-electron chi connectivity index (χ3n) is 2.23. The molecule has 1 amide bonds. The van der Waals surface area contributed by atoms with Crippen molar-refractivity contribution in [2.45, 2.75) is 0 Å². The molecule has 0 saturated carbocycles. The highest BCUT2D eigenvalue weighted by Gasteiger charge is 2.08. The molecule has 0 bridgehead atoms. The summed E-state index contributed by atoms with van der Waals surface area (Å²) in [5.74, 6) is 0.495. The average molecular weight is 270 g/mol. The fourth-order valence-electron chi connectivity index (χ4n) is 1.36. The molecule has 0 aliphatic rings. The van der Waals surface area contributed by atoms with Crippen molar-refractivity contribution in [1.29, 1.82) is 0 Å². The lowest BCUT2D eigenvalue weighted by Gasteiger charge is -2.05. The standard InChI is InChI=1S/C14H14N4O2/c1-18(2)10-17-14(19)12-8-13(16-9-15-12)20-11-6-4-3-5-7-11/h3-10H,1-2H3. The Balaban J connectivity index is 2.14. The number of hydrogen-bond acceptors (Lipinski definition) is 4. The van der Waals surface area contributed by atoms with Crippen LogP contribution in [0.25, 0.3) is 0 Å². The van der Waals surface area contributed by atoms with Crippen molar-refractivity contribution in [2.75, 3.05) is 14.1 Å². The van der Waals surface area contributed by atoms with Gasteiger partial charge in [0.2, 0.25) is 5.88 Å². The lowest BCUT2D eigenvalue weighted by atomic mass is 10.3. The van der Waals surface area contributed by atoms with Crippen molar-refractivity contribution in [2.24, 2.45) is 4.99 Å².